The molecule has 4 aromatic carbocycles. The third-order valence-corrected chi connectivity index (χ3v) is 19.4. The third kappa shape index (κ3) is 8.88. The number of esters is 1. The molecule has 4 rings (SSSR count). The predicted octanol–water partition coefficient (Wildman–Crippen LogP) is 7.07. The lowest BCUT2D eigenvalue weighted by atomic mass is 10.1. The van der Waals surface area contributed by atoms with Gasteiger partial charge in [-0.25, -0.2) is 0 Å². The maximum atomic E-state index is 12.4. The molecule has 0 bridgehead atoms. The summed E-state index contributed by atoms with van der Waals surface area (Å²) >= 11 is 0. The van der Waals surface area contributed by atoms with E-state index in [1.807, 2.05) is 6.92 Å². The highest BCUT2D eigenvalue weighted by atomic mass is 28.4. The molecule has 49 heavy (non-hydrogen) atoms. The molecule has 7 heteroatoms. The summed E-state index contributed by atoms with van der Waals surface area (Å²) in [5.41, 5.74) is 0. The minimum Gasteiger partial charge on any atom is -0.466 e. The van der Waals surface area contributed by atoms with Crippen molar-refractivity contribution in [3.63, 3.8) is 0 Å². The van der Waals surface area contributed by atoms with Crippen LogP contribution in [0, 0.1) is 6.42 Å². The fraction of sp³-hybridized carbons (Fsp3) is 0.381. The summed E-state index contributed by atoms with van der Waals surface area (Å²) in [5, 5.41) is 4.36. The highest BCUT2D eigenvalue weighted by molar-refractivity contribution is 7.00. The molecule has 0 aromatic heterocycles. The van der Waals surface area contributed by atoms with E-state index in [2.05, 4.69) is 169 Å². The fourth-order valence-electron chi connectivity index (χ4n) is 7.04. The van der Waals surface area contributed by atoms with E-state index in [1.165, 1.54) is 20.7 Å². The van der Waals surface area contributed by atoms with Crippen molar-refractivity contribution in [2.75, 3.05) is 20.3 Å². The SMILES string of the molecule is CCOC(=O)CC[C@@H]([CH][C@@H](CO[Si](c1ccccc1)(c1ccccc1)C(C)(C)C)O[Si](c1ccccc1)(c1ccccc1)C(C)(C)C)OC. The molecular formula is C42H55O5Si2. The van der Waals surface area contributed by atoms with Crippen molar-refractivity contribution in [3.05, 3.63) is 128 Å². The normalized spacial score (nSPS) is 13.9. The molecule has 2 atom stereocenters. The van der Waals surface area contributed by atoms with Gasteiger partial charge in [0.05, 0.1) is 25.4 Å². The van der Waals surface area contributed by atoms with Crippen molar-refractivity contribution >= 4 is 43.4 Å². The Morgan fingerprint density at radius 1 is 0.633 bits per heavy atom. The first kappa shape index (κ1) is 38.5. The lowest BCUT2D eigenvalue weighted by molar-refractivity contribution is -0.143. The Kier molecular flexibility index (Phi) is 13.4. The summed E-state index contributed by atoms with van der Waals surface area (Å²) in [4.78, 5) is 12.4. The molecule has 0 saturated heterocycles. The largest absolute Gasteiger partial charge is 0.466 e. The summed E-state index contributed by atoms with van der Waals surface area (Å²) in [5.74, 6) is -0.231. The fourth-order valence-corrected chi connectivity index (χ4v) is 16.2. The Hall–Kier alpha value is -3.34. The number of methoxy groups -OCH3 is 1. The lowest BCUT2D eigenvalue weighted by Crippen LogP contribution is -2.69. The van der Waals surface area contributed by atoms with Gasteiger partial charge in [-0.2, -0.15) is 0 Å². The van der Waals surface area contributed by atoms with Crippen LogP contribution < -0.4 is 20.7 Å². The second-order valence-electron chi connectivity index (χ2n) is 14.6. The average Bonchev–Trinajstić information content (AvgIpc) is 3.09. The van der Waals surface area contributed by atoms with Gasteiger partial charge in [0.2, 0.25) is 0 Å². The Morgan fingerprint density at radius 3 is 1.37 bits per heavy atom. The molecule has 1 radical (unpaired) electrons. The molecule has 4 aromatic rings. The van der Waals surface area contributed by atoms with Crippen LogP contribution >= 0.6 is 0 Å². The molecule has 0 saturated carbocycles. The maximum Gasteiger partial charge on any atom is 0.305 e. The Balaban J connectivity index is 1.87. The van der Waals surface area contributed by atoms with E-state index in [4.69, 9.17) is 18.3 Å². The number of carbonyl (C=O) groups excluding carboxylic acids is 1. The van der Waals surface area contributed by atoms with Crippen molar-refractivity contribution < 1.29 is 23.1 Å². The van der Waals surface area contributed by atoms with Gasteiger partial charge in [-0.3, -0.25) is 4.79 Å². The minimum absolute atomic E-state index is 0.206. The van der Waals surface area contributed by atoms with E-state index in [0.717, 1.165) is 0 Å². The first-order chi connectivity index (χ1) is 23.4. The van der Waals surface area contributed by atoms with Gasteiger partial charge < -0.3 is 18.3 Å². The minimum atomic E-state index is -2.99. The van der Waals surface area contributed by atoms with Gasteiger partial charge in [0.25, 0.3) is 16.6 Å². The number of ether oxygens (including phenoxy) is 2. The number of rotatable bonds is 16. The van der Waals surface area contributed by atoms with Crippen molar-refractivity contribution in [3.8, 4) is 0 Å². The van der Waals surface area contributed by atoms with Gasteiger partial charge in [-0.1, -0.05) is 163 Å². The van der Waals surface area contributed by atoms with Crippen molar-refractivity contribution in [1.82, 2.24) is 0 Å². The average molecular weight is 696 g/mol. The number of hydrogen-bond acceptors (Lipinski definition) is 5. The van der Waals surface area contributed by atoms with Gasteiger partial charge in [-0.15, -0.1) is 0 Å². The monoisotopic (exact) mass is 695 g/mol. The number of hydrogen-bond donors (Lipinski definition) is 0. The molecule has 0 unspecified atom stereocenters. The molecule has 0 fully saturated rings. The molecular weight excluding hydrogens is 641 g/mol. The van der Waals surface area contributed by atoms with Crippen LogP contribution in [0.5, 0.6) is 0 Å². The van der Waals surface area contributed by atoms with Crippen molar-refractivity contribution in [2.24, 2.45) is 0 Å². The van der Waals surface area contributed by atoms with Gasteiger partial charge in [0.1, 0.15) is 0 Å². The third-order valence-electron chi connectivity index (χ3n) is 9.30. The van der Waals surface area contributed by atoms with Crippen molar-refractivity contribution in [2.45, 2.75) is 83.6 Å². The second kappa shape index (κ2) is 17.1. The zero-order valence-electron chi connectivity index (χ0n) is 30.6. The van der Waals surface area contributed by atoms with Crippen LogP contribution in [-0.2, 0) is 23.1 Å². The molecule has 0 spiro atoms. The Labute approximate surface area is 297 Å². The quantitative estimate of drug-likeness (QED) is 0.0928. The highest BCUT2D eigenvalue weighted by Gasteiger charge is 2.54. The summed E-state index contributed by atoms with van der Waals surface area (Å²) in [7, 11) is -4.20. The van der Waals surface area contributed by atoms with Crippen LogP contribution in [0.3, 0.4) is 0 Å². The summed E-state index contributed by atoms with van der Waals surface area (Å²) in [6, 6.07) is 42.7. The zero-order chi connectivity index (χ0) is 35.5. The van der Waals surface area contributed by atoms with Crippen LogP contribution in [0.15, 0.2) is 121 Å². The van der Waals surface area contributed by atoms with Crippen LogP contribution in [0.25, 0.3) is 0 Å². The van der Waals surface area contributed by atoms with E-state index in [1.54, 1.807) is 7.11 Å². The number of benzene rings is 4. The van der Waals surface area contributed by atoms with Crippen LogP contribution in [0.4, 0.5) is 0 Å². The van der Waals surface area contributed by atoms with Crippen LogP contribution in [0.2, 0.25) is 10.1 Å². The molecule has 0 aliphatic heterocycles. The molecule has 5 nitrogen and oxygen atoms in total. The van der Waals surface area contributed by atoms with Gasteiger partial charge in [-0.05, 0) is 44.2 Å². The van der Waals surface area contributed by atoms with E-state index in [9.17, 15) is 4.79 Å². The summed E-state index contributed by atoms with van der Waals surface area (Å²) < 4.78 is 26.5. The van der Waals surface area contributed by atoms with Gasteiger partial charge in [0.15, 0.2) is 0 Å². The molecule has 0 N–H and O–H groups in total. The summed E-state index contributed by atoms with van der Waals surface area (Å²) in [6.07, 6.45) is 2.05. The van der Waals surface area contributed by atoms with E-state index < -0.39 is 22.7 Å². The molecule has 261 valence electrons. The maximum absolute atomic E-state index is 12.4. The van der Waals surface area contributed by atoms with Crippen LogP contribution in [-0.4, -0.2) is 55.1 Å². The zero-order valence-corrected chi connectivity index (χ0v) is 32.6. The Bertz CT molecular complexity index is 1470. The topological polar surface area (TPSA) is 54.0 Å². The second-order valence-corrected chi connectivity index (χ2v) is 23.2. The Morgan fingerprint density at radius 2 is 1.02 bits per heavy atom. The standard InChI is InChI=1S/C42H55O5Si2/c1-9-45-40(43)31-30-34(44-8)32-35(47-49(42(5,6)7,38-26-18-12-19-27-38)39-28-20-13-21-29-39)33-46-48(41(2,3)4,36-22-14-10-15-23-36)37-24-16-11-17-25-37/h10-29,32,34-35H,9,30-31,33H2,1-8H3/t34-,35-/m0/s1. The van der Waals surface area contributed by atoms with E-state index >= 15 is 0 Å². The molecule has 0 aliphatic carbocycles. The summed E-state index contributed by atoms with van der Waals surface area (Å²) in [6.45, 7) is 16.2. The highest BCUT2D eigenvalue weighted by Crippen LogP contribution is 2.40. The molecule has 0 heterocycles. The lowest BCUT2D eigenvalue weighted by Gasteiger charge is -2.47. The van der Waals surface area contributed by atoms with Gasteiger partial charge >= 0.3 is 5.97 Å². The first-order valence-corrected chi connectivity index (χ1v) is 21.3. The smallest absolute Gasteiger partial charge is 0.305 e. The first-order valence-electron chi connectivity index (χ1n) is 17.5. The van der Waals surface area contributed by atoms with E-state index in [0.29, 0.717) is 19.6 Å². The number of carbonyl (C=O) groups is 1. The van der Waals surface area contributed by atoms with Gasteiger partial charge in [0, 0.05) is 20.0 Å². The molecule has 0 amide bonds. The van der Waals surface area contributed by atoms with Crippen LogP contribution in [0.1, 0.15) is 61.3 Å². The van der Waals surface area contributed by atoms with Crippen molar-refractivity contribution in [1.29, 1.82) is 0 Å². The van der Waals surface area contributed by atoms with E-state index in [-0.39, 0.29) is 28.6 Å². The molecule has 0 aliphatic rings. The predicted molar refractivity (Wildman–Crippen MR) is 207 cm³/mol.